The van der Waals surface area contributed by atoms with Crippen LogP contribution in [0.3, 0.4) is 0 Å². The van der Waals surface area contributed by atoms with E-state index in [9.17, 15) is 9.59 Å². The molecule has 0 radical (unpaired) electrons. The van der Waals surface area contributed by atoms with Crippen LogP contribution in [0, 0.1) is 0 Å². The number of hydrogen-bond donors (Lipinski definition) is 0. The van der Waals surface area contributed by atoms with E-state index >= 15 is 0 Å². The minimum atomic E-state index is -0.248. The third-order valence-electron chi connectivity index (χ3n) is 2.63. The summed E-state index contributed by atoms with van der Waals surface area (Å²) < 4.78 is 2.55. The van der Waals surface area contributed by atoms with Crippen molar-refractivity contribution in [2.24, 2.45) is 7.05 Å². The molecule has 1 amide bonds. The smallest absolute Gasteiger partial charge is 0.341 e. The van der Waals surface area contributed by atoms with Gasteiger partial charge in [-0.3, -0.25) is 9.36 Å². The van der Waals surface area contributed by atoms with Crippen LogP contribution in [-0.2, 0) is 18.4 Å². The maximum atomic E-state index is 11.7. The standard InChI is InChI=1S/C9H14N4O2/c1-11-7-10-13(9(11)15)6-8(14)12-4-2-3-5-12/h7H,2-6H2,1H3. The zero-order chi connectivity index (χ0) is 10.8. The fourth-order valence-electron chi connectivity index (χ4n) is 1.72. The van der Waals surface area contributed by atoms with E-state index in [0.29, 0.717) is 0 Å². The van der Waals surface area contributed by atoms with Gasteiger partial charge in [0.15, 0.2) is 0 Å². The van der Waals surface area contributed by atoms with Crippen molar-refractivity contribution in [3.05, 3.63) is 16.8 Å². The number of aryl methyl sites for hydroxylation is 1. The number of aromatic nitrogens is 3. The topological polar surface area (TPSA) is 60.1 Å². The molecule has 1 aromatic heterocycles. The number of amides is 1. The normalized spacial score (nSPS) is 15.9. The number of carbonyl (C=O) groups is 1. The molecule has 6 nitrogen and oxygen atoms in total. The van der Waals surface area contributed by atoms with E-state index in [1.807, 2.05) is 0 Å². The van der Waals surface area contributed by atoms with Crippen LogP contribution in [-0.4, -0.2) is 38.2 Å². The first kappa shape index (κ1) is 9.95. The van der Waals surface area contributed by atoms with Crippen LogP contribution in [0.5, 0.6) is 0 Å². The Kier molecular flexibility index (Phi) is 2.57. The molecule has 0 bridgehead atoms. The highest BCUT2D eigenvalue weighted by atomic mass is 16.2. The second-order valence-electron chi connectivity index (χ2n) is 3.77. The van der Waals surface area contributed by atoms with Crippen LogP contribution in [0.4, 0.5) is 0 Å². The van der Waals surface area contributed by atoms with Crippen LogP contribution >= 0.6 is 0 Å². The van der Waals surface area contributed by atoms with Crippen molar-refractivity contribution in [2.75, 3.05) is 13.1 Å². The monoisotopic (exact) mass is 210 g/mol. The average molecular weight is 210 g/mol. The van der Waals surface area contributed by atoms with Crippen LogP contribution in [0.15, 0.2) is 11.1 Å². The Labute approximate surface area is 87.1 Å². The number of hydrogen-bond acceptors (Lipinski definition) is 3. The Morgan fingerprint density at radius 3 is 2.67 bits per heavy atom. The lowest BCUT2D eigenvalue weighted by Gasteiger charge is -2.14. The van der Waals surface area contributed by atoms with Crippen molar-refractivity contribution in [3.8, 4) is 0 Å². The highest BCUT2D eigenvalue weighted by Gasteiger charge is 2.19. The molecule has 82 valence electrons. The molecule has 0 unspecified atom stereocenters. The quantitative estimate of drug-likeness (QED) is 0.642. The van der Waals surface area contributed by atoms with E-state index in [2.05, 4.69) is 5.10 Å². The zero-order valence-corrected chi connectivity index (χ0v) is 8.72. The first-order valence-electron chi connectivity index (χ1n) is 5.04. The van der Waals surface area contributed by atoms with Crippen molar-refractivity contribution in [3.63, 3.8) is 0 Å². The number of rotatable bonds is 2. The largest absolute Gasteiger partial charge is 0.345 e. The summed E-state index contributed by atoms with van der Waals surface area (Å²) in [7, 11) is 1.62. The van der Waals surface area contributed by atoms with Gasteiger partial charge in [0.1, 0.15) is 12.9 Å². The molecule has 1 aliphatic rings. The Bertz CT molecular complexity index is 414. The SMILES string of the molecule is Cn1cnn(CC(=O)N2CCCC2)c1=O. The van der Waals surface area contributed by atoms with Crippen LogP contribution in [0.2, 0.25) is 0 Å². The molecule has 15 heavy (non-hydrogen) atoms. The van der Waals surface area contributed by atoms with Gasteiger partial charge >= 0.3 is 5.69 Å². The van der Waals surface area contributed by atoms with Gasteiger partial charge in [-0.15, -0.1) is 0 Å². The van der Waals surface area contributed by atoms with Crippen molar-refractivity contribution in [1.82, 2.24) is 19.2 Å². The van der Waals surface area contributed by atoms with Crippen molar-refractivity contribution in [1.29, 1.82) is 0 Å². The summed E-state index contributed by atoms with van der Waals surface area (Å²) in [6, 6.07) is 0. The molecule has 1 saturated heterocycles. The van der Waals surface area contributed by atoms with Gasteiger partial charge < -0.3 is 4.90 Å². The van der Waals surface area contributed by atoms with Crippen LogP contribution < -0.4 is 5.69 Å². The maximum absolute atomic E-state index is 11.7. The molecule has 0 atom stereocenters. The molecule has 6 heteroatoms. The highest BCUT2D eigenvalue weighted by Crippen LogP contribution is 2.07. The minimum Gasteiger partial charge on any atom is -0.341 e. The van der Waals surface area contributed by atoms with Gasteiger partial charge in [-0.1, -0.05) is 0 Å². The summed E-state index contributed by atoms with van der Waals surface area (Å²) in [4.78, 5) is 24.9. The van der Waals surface area contributed by atoms with Gasteiger partial charge in [0.25, 0.3) is 0 Å². The van der Waals surface area contributed by atoms with Gasteiger partial charge in [0.2, 0.25) is 5.91 Å². The van der Waals surface area contributed by atoms with Crippen LogP contribution in [0.25, 0.3) is 0 Å². The van der Waals surface area contributed by atoms with Crippen LogP contribution in [0.1, 0.15) is 12.8 Å². The third-order valence-corrected chi connectivity index (χ3v) is 2.63. The van der Waals surface area contributed by atoms with Gasteiger partial charge in [-0.25, -0.2) is 9.48 Å². The summed E-state index contributed by atoms with van der Waals surface area (Å²) in [5.41, 5.74) is -0.248. The lowest BCUT2D eigenvalue weighted by Crippen LogP contribution is -2.35. The minimum absolute atomic E-state index is 0.0201. The molecule has 0 aliphatic carbocycles. The third kappa shape index (κ3) is 1.93. The fraction of sp³-hybridized carbons (Fsp3) is 0.667. The molecule has 1 aromatic rings. The second-order valence-corrected chi connectivity index (χ2v) is 3.77. The average Bonchev–Trinajstić information content (AvgIpc) is 2.83. The number of carbonyl (C=O) groups excluding carboxylic acids is 1. The van der Waals surface area contributed by atoms with Gasteiger partial charge in [-0.05, 0) is 12.8 Å². The first-order valence-corrected chi connectivity index (χ1v) is 5.04. The summed E-state index contributed by atoms with van der Waals surface area (Å²) in [5.74, 6) is -0.0201. The van der Waals surface area contributed by atoms with Crippen molar-refractivity contribution < 1.29 is 4.79 Å². The molecule has 2 heterocycles. The van der Waals surface area contributed by atoms with E-state index in [1.54, 1.807) is 11.9 Å². The van der Waals surface area contributed by atoms with E-state index < -0.39 is 0 Å². The zero-order valence-electron chi connectivity index (χ0n) is 8.72. The fourth-order valence-corrected chi connectivity index (χ4v) is 1.72. The van der Waals surface area contributed by atoms with E-state index in [-0.39, 0.29) is 18.1 Å². The van der Waals surface area contributed by atoms with Gasteiger partial charge in [-0.2, -0.15) is 5.10 Å². The molecule has 2 rings (SSSR count). The Hall–Kier alpha value is -1.59. The molecule has 0 aromatic carbocycles. The van der Waals surface area contributed by atoms with Crippen molar-refractivity contribution in [2.45, 2.75) is 19.4 Å². The molecule has 0 saturated carbocycles. The second kappa shape index (κ2) is 3.88. The molecule has 1 aliphatic heterocycles. The first-order chi connectivity index (χ1) is 7.18. The molecule has 0 spiro atoms. The highest BCUT2D eigenvalue weighted by molar-refractivity contribution is 5.76. The molecular formula is C9H14N4O2. The van der Waals surface area contributed by atoms with E-state index in [1.165, 1.54) is 15.6 Å². The molecule has 0 N–H and O–H groups in total. The number of likely N-dealkylation sites (tertiary alicyclic amines) is 1. The lowest BCUT2D eigenvalue weighted by atomic mass is 10.4. The number of nitrogens with zero attached hydrogens (tertiary/aromatic N) is 4. The van der Waals surface area contributed by atoms with Gasteiger partial charge in [0.05, 0.1) is 0 Å². The predicted octanol–water partition coefficient (Wildman–Crippen LogP) is -0.796. The van der Waals surface area contributed by atoms with Gasteiger partial charge in [0, 0.05) is 20.1 Å². The Balaban J connectivity index is 2.05. The van der Waals surface area contributed by atoms with E-state index in [0.717, 1.165) is 25.9 Å². The predicted molar refractivity (Wildman–Crippen MR) is 53.3 cm³/mol. The molecular weight excluding hydrogens is 196 g/mol. The summed E-state index contributed by atoms with van der Waals surface area (Å²) >= 11 is 0. The summed E-state index contributed by atoms with van der Waals surface area (Å²) in [5, 5.41) is 3.85. The van der Waals surface area contributed by atoms with Crippen molar-refractivity contribution >= 4 is 5.91 Å². The lowest BCUT2D eigenvalue weighted by molar-refractivity contribution is -0.131. The molecule has 1 fully saturated rings. The summed E-state index contributed by atoms with van der Waals surface area (Å²) in [6.07, 6.45) is 3.53. The Morgan fingerprint density at radius 2 is 2.13 bits per heavy atom. The maximum Gasteiger partial charge on any atom is 0.345 e. The summed E-state index contributed by atoms with van der Waals surface area (Å²) in [6.45, 7) is 1.67. The van der Waals surface area contributed by atoms with E-state index in [4.69, 9.17) is 0 Å². The Morgan fingerprint density at radius 1 is 1.47 bits per heavy atom.